The Morgan fingerprint density at radius 3 is 2.40 bits per heavy atom. The standard InChI is InChI=1S/C13H21NS/c1-3-9-15-13-7-5-11(6-8-13)10-12(14)4-2/h5-8,12H,3-4,9-10,14H2,1-2H3. The first kappa shape index (κ1) is 12.6. The van der Waals surface area contributed by atoms with E-state index in [4.69, 9.17) is 5.73 Å². The van der Waals surface area contributed by atoms with Crippen LogP contribution in [-0.2, 0) is 6.42 Å². The summed E-state index contributed by atoms with van der Waals surface area (Å²) in [4.78, 5) is 1.37. The molecule has 0 bridgehead atoms. The molecule has 15 heavy (non-hydrogen) atoms. The quantitative estimate of drug-likeness (QED) is 0.747. The van der Waals surface area contributed by atoms with E-state index in [0.29, 0.717) is 6.04 Å². The third-order valence-electron chi connectivity index (χ3n) is 2.42. The van der Waals surface area contributed by atoms with Crippen molar-refractivity contribution in [1.82, 2.24) is 0 Å². The smallest absolute Gasteiger partial charge is 0.00766 e. The van der Waals surface area contributed by atoms with E-state index in [1.165, 1.54) is 22.6 Å². The van der Waals surface area contributed by atoms with Crippen molar-refractivity contribution in [2.75, 3.05) is 5.75 Å². The Morgan fingerprint density at radius 2 is 1.87 bits per heavy atom. The third kappa shape index (κ3) is 4.72. The molecule has 1 aromatic rings. The molecule has 1 rings (SSSR count). The van der Waals surface area contributed by atoms with Crippen molar-refractivity contribution in [2.24, 2.45) is 5.73 Å². The third-order valence-corrected chi connectivity index (χ3v) is 3.64. The molecule has 0 amide bonds. The fraction of sp³-hybridized carbons (Fsp3) is 0.538. The molecular weight excluding hydrogens is 202 g/mol. The van der Waals surface area contributed by atoms with Crippen LogP contribution in [0, 0.1) is 0 Å². The normalized spacial score (nSPS) is 12.7. The number of benzene rings is 1. The topological polar surface area (TPSA) is 26.0 Å². The van der Waals surface area contributed by atoms with Gasteiger partial charge in [-0.05, 0) is 42.7 Å². The van der Waals surface area contributed by atoms with Gasteiger partial charge in [0.05, 0.1) is 0 Å². The average Bonchev–Trinajstić information content (AvgIpc) is 2.28. The molecule has 84 valence electrons. The van der Waals surface area contributed by atoms with E-state index in [-0.39, 0.29) is 0 Å². The fourth-order valence-corrected chi connectivity index (χ4v) is 2.16. The first-order valence-electron chi connectivity index (χ1n) is 5.73. The van der Waals surface area contributed by atoms with Gasteiger partial charge in [0.15, 0.2) is 0 Å². The number of thioether (sulfide) groups is 1. The molecule has 1 atom stereocenters. The number of hydrogen-bond donors (Lipinski definition) is 1. The zero-order valence-corrected chi connectivity index (χ0v) is 10.5. The molecule has 0 saturated carbocycles. The van der Waals surface area contributed by atoms with Gasteiger partial charge in [-0.1, -0.05) is 26.0 Å². The second kappa shape index (κ2) is 6.91. The van der Waals surface area contributed by atoms with E-state index in [2.05, 4.69) is 38.1 Å². The minimum atomic E-state index is 0.305. The van der Waals surface area contributed by atoms with E-state index < -0.39 is 0 Å². The van der Waals surface area contributed by atoms with Crippen molar-refractivity contribution < 1.29 is 0 Å². The van der Waals surface area contributed by atoms with Gasteiger partial charge in [-0.25, -0.2) is 0 Å². The highest BCUT2D eigenvalue weighted by Crippen LogP contribution is 2.19. The molecule has 1 aromatic carbocycles. The largest absolute Gasteiger partial charge is 0.327 e. The predicted octanol–water partition coefficient (Wildman–Crippen LogP) is 3.47. The van der Waals surface area contributed by atoms with Gasteiger partial charge in [-0.15, -0.1) is 11.8 Å². The lowest BCUT2D eigenvalue weighted by Crippen LogP contribution is -2.21. The monoisotopic (exact) mass is 223 g/mol. The highest BCUT2D eigenvalue weighted by atomic mass is 32.2. The van der Waals surface area contributed by atoms with Gasteiger partial charge in [0, 0.05) is 10.9 Å². The van der Waals surface area contributed by atoms with Crippen molar-refractivity contribution in [3.63, 3.8) is 0 Å². The van der Waals surface area contributed by atoms with Crippen LogP contribution in [0.1, 0.15) is 32.3 Å². The molecule has 0 saturated heterocycles. The highest BCUT2D eigenvalue weighted by molar-refractivity contribution is 7.99. The fourth-order valence-electron chi connectivity index (χ4n) is 1.39. The molecule has 2 heteroatoms. The molecular formula is C13H21NS. The summed E-state index contributed by atoms with van der Waals surface area (Å²) in [5, 5.41) is 0. The summed E-state index contributed by atoms with van der Waals surface area (Å²) >= 11 is 1.92. The molecule has 1 unspecified atom stereocenters. The highest BCUT2D eigenvalue weighted by Gasteiger charge is 2.01. The summed E-state index contributed by atoms with van der Waals surface area (Å²) in [5.74, 6) is 1.20. The molecule has 0 aromatic heterocycles. The van der Waals surface area contributed by atoms with Gasteiger partial charge < -0.3 is 5.73 Å². The lowest BCUT2D eigenvalue weighted by molar-refractivity contribution is 0.646. The van der Waals surface area contributed by atoms with Crippen LogP contribution >= 0.6 is 11.8 Å². The minimum absolute atomic E-state index is 0.305. The van der Waals surface area contributed by atoms with Crippen LogP contribution in [-0.4, -0.2) is 11.8 Å². The maximum atomic E-state index is 5.92. The van der Waals surface area contributed by atoms with Gasteiger partial charge in [-0.3, -0.25) is 0 Å². The van der Waals surface area contributed by atoms with Crippen molar-refractivity contribution in [3.8, 4) is 0 Å². The van der Waals surface area contributed by atoms with Gasteiger partial charge in [0.2, 0.25) is 0 Å². The predicted molar refractivity (Wildman–Crippen MR) is 69.4 cm³/mol. The molecule has 0 aliphatic carbocycles. The van der Waals surface area contributed by atoms with E-state index in [0.717, 1.165) is 12.8 Å². The summed E-state index contributed by atoms with van der Waals surface area (Å²) in [6.45, 7) is 4.35. The lowest BCUT2D eigenvalue weighted by Gasteiger charge is -2.08. The summed E-state index contributed by atoms with van der Waals surface area (Å²) < 4.78 is 0. The molecule has 1 nitrogen and oxygen atoms in total. The molecule has 0 spiro atoms. The van der Waals surface area contributed by atoms with E-state index >= 15 is 0 Å². The maximum Gasteiger partial charge on any atom is 0.00766 e. The van der Waals surface area contributed by atoms with Crippen LogP contribution in [0.3, 0.4) is 0 Å². The second-order valence-corrected chi connectivity index (χ2v) is 5.03. The molecule has 0 fully saturated rings. The van der Waals surface area contributed by atoms with E-state index in [1.807, 2.05) is 11.8 Å². The Bertz CT molecular complexity index is 268. The summed E-state index contributed by atoms with van der Waals surface area (Å²) in [6, 6.07) is 9.12. The van der Waals surface area contributed by atoms with Gasteiger partial charge >= 0.3 is 0 Å². The average molecular weight is 223 g/mol. The van der Waals surface area contributed by atoms with Crippen molar-refractivity contribution in [1.29, 1.82) is 0 Å². The van der Waals surface area contributed by atoms with Gasteiger partial charge in [0.1, 0.15) is 0 Å². The number of rotatable bonds is 6. The molecule has 2 N–H and O–H groups in total. The number of nitrogens with two attached hydrogens (primary N) is 1. The molecule has 0 aliphatic rings. The van der Waals surface area contributed by atoms with Crippen molar-refractivity contribution >= 4 is 11.8 Å². The zero-order chi connectivity index (χ0) is 11.1. The Morgan fingerprint density at radius 1 is 1.20 bits per heavy atom. The van der Waals surface area contributed by atoms with Crippen LogP contribution in [0.2, 0.25) is 0 Å². The van der Waals surface area contributed by atoms with Crippen molar-refractivity contribution in [3.05, 3.63) is 29.8 Å². The van der Waals surface area contributed by atoms with Gasteiger partial charge in [-0.2, -0.15) is 0 Å². The first-order chi connectivity index (χ1) is 7.26. The summed E-state index contributed by atoms with van der Waals surface area (Å²) in [5.41, 5.74) is 7.27. The summed E-state index contributed by atoms with van der Waals surface area (Å²) in [6.07, 6.45) is 3.27. The number of hydrogen-bond acceptors (Lipinski definition) is 2. The SMILES string of the molecule is CCCSc1ccc(CC(N)CC)cc1. The Kier molecular flexibility index (Phi) is 5.81. The second-order valence-electron chi connectivity index (χ2n) is 3.86. The maximum absolute atomic E-state index is 5.92. The minimum Gasteiger partial charge on any atom is -0.327 e. The van der Waals surface area contributed by atoms with Crippen LogP contribution < -0.4 is 5.73 Å². The van der Waals surface area contributed by atoms with Crippen LogP contribution in [0.25, 0.3) is 0 Å². The van der Waals surface area contributed by atoms with E-state index in [1.54, 1.807) is 0 Å². The summed E-state index contributed by atoms with van der Waals surface area (Å²) in [7, 11) is 0. The Balaban J connectivity index is 2.48. The van der Waals surface area contributed by atoms with Crippen LogP contribution in [0.4, 0.5) is 0 Å². The Hall–Kier alpha value is -0.470. The molecule has 0 aliphatic heterocycles. The van der Waals surface area contributed by atoms with Crippen LogP contribution in [0.5, 0.6) is 0 Å². The molecule has 0 heterocycles. The lowest BCUT2D eigenvalue weighted by atomic mass is 10.1. The molecule has 0 radical (unpaired) electrons. The van der Waals surface area contributed by atoms with Crippen molar-refractivity contribution in [2.45, 2.75) is 44.0 Å². The zero-order valence-electron chi connectivity index (χ0n) is 9.70. The Labute approximate surface area is 97.4 Å². The first-order valence-corrected chi connectivity index (χ1v) is 6.72. The van der Waals surface area contributed by atoms with Crippen LogP contribution in [0.15, 0.2) is 29.2 Å². The van der Waals surface area contributed by atoms with E-state index in [9.17, 15) is 0 Å². The van der Waals surface area contributed by atoms with Gasteiger partial charge in [0.25, 0.3) is 0 Å².